The van der Waals surface area contributed by atoms with Gasteiger partial charge in [0.1, 0.15) is 0 Å². The Balaban J connectivity index is 2.36. The second-order valence-corrected chi connectivity index (χ2v) is 5.29. The van der Waals surface area contributed by atoms with Gasteiger partial charge in [0.15, 0.2) is 5.96 Å². The second-order valence-electron chi connectivity index (χ2n) is 5.29. The van der Waals surface area contributed by atoms with Gasteiger partial charge in [-0.15, -0.1) is 0 Å². The largest absolute Gasteiger partial charge is 0.390 e. The minimum atomic E-state index is -4.18. The van der Waals surface area contributed by atoms with E-state index < -0.39 is 12.6 Å². The number of hydrogen-bond donors (Lipinski definition) is 2. The maximum atomic E-state index is 12.2. The van der Waals surface area contributed by atoms with Crippen molar-refractivity contribution in [2.24, 2.45) is 4.99 Å². The number of benzene rings is 1. The van der Waals surface area contributed by atoms with Crippen LogP contribution < -0.4 is 10.6 Å². The Morgan fingerprint density at radius 2 is 1.84 bits per heavy atom. The quantitative estimate of drug-likeness (QED) is 0.382. The molecule has 0 aliphatic carbocycles. The monoisotopic (exact) mass is 361 g/mol. The Morgan fingerprint density at radius 1 is 1.12 bits per heavy atom. The van der Waals surface area contributed by atoms with E-state index in [2.05, 4.69) is 15.6 Å². The van der Waals surface area contributed by atoms with Crippen LogP contribution in [0.4, 0.5) is 13.2 Å². The predicted octanol–water partition coefficient (Wildman–Crippen LogP) is 2.86. The van der Waals surface area contributed by atoms with Crippen LogP contribution in [0.25, 0.3) is 0 Å². The van der Waals surface area contributed by atoms with Gasteiger partial charge in [0.05, 0.1) is 26.2 Å². The van der Waals surface area contributed by atoms with Gasteiger partial charge in [-0.25, -0.2) is 0 Å². The molecule has 0 amide bonds. The fraction of sp³-hybridized carbons (Fsp3) is 0.588. The van der Waals surface area contributed by atoms with Crippen LogP contribution in [-0.2, 0) is 22.6 Å². The van der Waals surface area contributed by atoms with Gasteiger partial charge in [0.2, 0.25) is 0 Å². The number of nitrogens with zero attached hydrogens (tertiary/aromatic N) is 1. The van der Waals surface area contributed by atoms with Crippen molar-refractivity contribution in [1.29, 1.82) is 0 Å². The van der Waals surface area contributed by atoms with E-state index >= 15 is 0 Å². The van der Waals surface area contributed by atoms with Crippen LogP contribution in [0.2, 0.25) is 0 Å². The maximum Gasteiger partial charge on any atom is 0.390 e. The molecule has 0 spiro atoms. The minimum Gasteiger partial charge on any atom is -0.379 e. The van der Waals surface area contributed by atoms with Crippen LogP contribution >= 0.6 is 0 Å². The number of hydrogen-bond acceptors (Lipinski definition) is 3. The van der Waals surface area contributed by atoms with Crippen LogP contribution in [0.5, 0.6) is 0 Å². The molecule has 0 aliphatic heterocycles. The van der Waals surface area contributed by atoms with Gasteiger partial charge in [-0.05, 0) is 18.1 Å². The van der Waals surface area contributed by atoms with Crippen molar-refractivity contribution >= 4 is 5.96 Å². The third kappa shape index (κ3) is 10.6. The molecule has 0 atom stereocenters. The third-order valence-electron chi connectivity index (χ3n) is 3.22. The molecule has 0 radical (unpaired) electrons. The molecule has 25 heavy (non-hydrogen) atoms. The van der Waals surface area contributed by atoms with Crippen molar-refractivity contribution in [3.63, 3.8) is 0 Å². The standard InChI is InChI=1S/C17H26F3N3O2/c1-3-24-9-10-25-13-15-6-4-5-14(11-15)12-23-16(21-2)22-8-7-17(18,19)20/h4-6,11H,3,7-10,12-13H2,1-2H3,(H2,21,22,23). The van der Waals surface area contributed by atoms with Crippen LogP contribution in [0.15, 0.2) is 29.3 Å². The first kappa shape index (κ1) is 21.2. The van der Waals surface area contributed by atoms with Crippen molar-refractivity contribution < 1.29 is 22.6 Å². The molecular weight excluding hydrogens is 335 g/mol. The number of rotatable bonds is 10. The summed E-state index contributed by atoms with van der Waals surface area (Å²) in [5.74, 6) is 0.336. The van der Waals surface area contributed by atoms with Gasteiger partial charge in [-0.2, -0.15) is 13.2 Å². The van der Waals surface area contributed by atoms with Crippen LogP contribution in [-0.4, -0.2) is 45.5 Å². The Morgan fingerprint density at radius 3 is 2.52 bits per heavy atom. The first-order chi connectivity index (χ1) is 11.9. The smallest absolute Gasteiger partial charge is 0.379 e. The molecule has 0 saturated heterocycles. The normalized spacial score (nSPS) is 12.3. The molecule has 142 valence electrons. The molecule has 0 unspecified atom stereocenters. The highest BCUT2D eigenvalue weighted by atomic mass is 19.4. The molecule has 0 fully saturated rings. The SMILES string of the molecule is CCOCCOCc1cccc(CNC(=NC)NCCC(F)(F)F)c1. The topological polar surface area (TPSA) is 54.9 Å². The molecule has 1 aromatic carbocycles. The average molecular weight is 361 g/mol. The van der Waals surface area contributed by atoms with Gasteiger partial charge < -0.3 is 20.1 Å². The fourth-order valence-electron chi connectivity index (χ4n) is 2.01. The Bertz CT molecular complexity index is 522. The fourth-order valence-corrected chi connectivity index (χ4v) is 2.01. The van der Waals surface area contributed by atoms with E-state index in [1.165, 1.54) is 7.05 Å². The van der Waals surface area contributed by atoms with Crippen LogP contribution in [0, 0.1) is 0 Å². The summed E-state index contributed by atoms with van der Waals surface area (Å²) in [4.78, 5) is 3.91. The first-order valence-corrected chi connectivity index (χ1v) is 8.19. The molecule has 1 aromatic rings. The second kappa shape index (κ2) is 11.7. The molecule has 0 heterocycles. The summed E-state index contributed by atoms with van der Waals surface area (Å²) in [6.07, 6.45) is -5.08. The maximum absolute atomic E-state index is 12.2. The highest BCUT2D eigenvalue weighted by molar-refractivity contribution is 5.79. The lowest BCUT2D eigenvalue weighted by Gasteiger charge is -2.13. The number of halogens is 3. The number of aliphatic imine (C=N–C) groups is 1. The lowest BCUT2D eigenvalue weighted by molar-refractivity contribution is -0.132. The number of ether oxygens (including phenoxy) is 2. The predicted molar refractivity (Wildman–Crippen MR) is 91.5 cm³/mol. The summed E-state index contributed by atoms with van der Waals surface area (Å²) in [5.41, 5.74) is 2.01. The summed E-state index contributed by atoms with van der Waals surface area (Å²) in [5, 5.41) is 5.64. The van der Waals surface area contributed by atoms with Crippen LogP contribution in [0.3, 0.4) is 0 Å². The van der Waals surface area contributed by atoms with E-state index in [1.807, 2.05) is 31.2 Å². The molecule has 0 aliphatic rings. The first-order valence-electron chi connectivity index (χ1n) is 8.19. The van der Waals surface area contributed by atoms with Gasteiger partial charge in [0.25, 0.3) is 0 Å². The van der Waals surface area contributed by atoms with E-state index in [1.54, 1.807) is 0 Å². The Hall–Kier alpha value is -1.80. The molecule has 0 bridgehead atoms. The Kier molecular flexibility index (Phi) is 9.94. The summed E-state index contributed by atoms with van der Waals surface area (Å²) >= 11 is 0. The molecule has 2 N–H and O–H groups in total. The molecular formula is C17H26F3N3O2. The molecule has 8 heteroatoms. The molecule has 5 nitrogen and oxygen atoms in total. The van der Waals surface area contributed by atoms with E-state index in [0.29, 0.717) is 38.9 Å². The molecule has 1 rings (SSSR count). The summed E-state index contributed by atoms with van der Waals surface area (Å²) in [7, 11) is 1.52. The highest BCUT2D eigenvalue weighted by Crippen LogP contribution is 2.18. The van der Waals surface area contributed by atoms with Crippen molar-refractivity contribution in [3.8, 4) is 0 Å². The zero-order valence-electron chi connectivity index (χ0n) is 14.7. The summed E-state index contributed by atoms with van der Waals surface area (Å²) in [6.45, 7) is 4.43. The number of nitrogens with one attached hydrogen (secondary N) is 2. The van der Waals surface area contributed by atoms with E-state index in [-0.39, 0.29) is 6.54 Å². The summed E-state index contributed by atoms with van der Waals surface area (Å²) < 4.78 is 47.2. The van der Waals surface area contributed by atoms with Crippen molar-refractivity contribution in [3.05, 3.63) is 35.4 Å². The molecule has 0 aromatic heterocycles. The van der Waals surface area contributed by atoms with Crippen LogP contribution in [0.1, 0.15) is 24.5 Å². The van der Waals surface area contributed by atoms with E-state index in [4.69, 9.17) is 9.47 Å². The molecule has 0 saturated carbocycles. The van der Waals surface area contributed by atoms with Gasteiger partial charge >= 0.3 is 6.18 Å². The third-order valence-corrected chi connectivity index (χ3v) is 3.22. The zero-order valence-corrected chi connectivity index (χ0v) is 14.7. The van der Waals surface area contributed by atoms with Crippen molar-refractivity contribution in [2.75, 3.05) is 33.4 Å². The average Bonchev–Trinajstić information content (AvgIpc) is 2.57. The number of guanidine groups is 1. The zero-order chi connectivity index (χ0) is 18.5. The lowest BCUT2D eigenvalue weighted by atomic mass is 10.1. The minimum absolute atomic E-state index is 0.211. The van der Waals surface area contributed by atoms with E-state index in [9.17, 15) is 13.2 Å². The van der Waals surface area contributed by atoms with Gasteiger partial charge in [-0.3, -0.25) is 4.99 Å². The Labute approximate surface area is 146 Å². The van der Waals surface area contributed by atoms with Crippen molar-refractivity contribution in [1.82, 2.24) is 10.6 Å². The van der Waals surface area contributed by atoms with Gasteiger partial charge in [-0.1, -0.05) is 24.3 Å². The van der Waals surface area contributed by atoms with E-state index in [0.717, 1.165) is 11.1 Å². The number of alkyl halides is 3. The lowest BCUT2D eigenvalue weighted by Crippen LogP contribution is -2.38. The van der Waals surface area contributed by atoms with Gasteiger partial charge in [0, 0.05) is 26.7 Å². The van der Waals surface area contributed by atoms with Crippen molar-refractivity contribution in [2.45, 2.75) is 32.7 Å². The summed E-state index contributed by atoms with van der Waals surface area (Å²) in [6, 6.07) is 7.79. The highest BCUT2D eigenvalue weighted by Gasteiger charge is 2.26.